The molecule has 1 spiro atoms. The second-order valence-electron chi connectivity index (χ2n) is 4.94. The standard InChI is InChI=1S/C12H22N2O3/c1-2-17-10-8-9(12(10)4-3-5-12)14-11(16)13-6-7-15/h9-10,15H,2-8H2,1H3,(H2,13,14,16). The largest absolute Gasteiger partial charge is 0.395 e. The van der Waals surface area contributed by atoms with E-state index in [2.05, 4.69) is 10.6 Å². The van der Waals surface area contributed by atoms with Gasteiger partial charge in [0.25, 0.3) is 0 Å². The van der Waals surface area contributed by atoms with Gasteiger partial charge < -0.3 is 20.5 Å². The van der Waals surface area contributed by atoms with Crippen LogP contribution in [0.4, 0.5) is 4.79 Å². The molecule has 0 aliphatic heterocycles. The van der Waals surface area contributed by atoms with Gasteiger partial charge in [-0.2, -0.15) is 0 Å². The van der Waals surface area contributed by atoms with Crippen molar-refractivity contribution in [1.29, 1.82) is 0 Å². The molecule has 2 aliphatic carbocycles. The van der Waals surface area contributed by atoms with Gasteiger partial charge in [0.05, 0.1) is 12.7 Å². The summed E-state index contributed by atoms with van der Waals surface area (Å²) in [4.78, 5) is 11.5. The Labute approximate surface area is 102 Å². The number of urea groups is 1. The lowest BCUT2D eigenvalue weighted by molar-refractivity contribution is -0.169. The van der Waals surface area contributed by atoms with Crippen molar-refractivity contribution in [3.05, 3.63) is 0 Å². The average Bonchev–Trinajstić information content (AvgIpc) is 2.22. The number of nitrogens with one attached hydrogen (secondary N) is 2. The van der Waals surface area contributed by atoms with Crippen molar-refractivity contribution in [1.82, 2.24) is 10.6 Å². The van der Waals surface area contributed by atoms with Gasteiger partial charge in [-0.15, -0.1) is 0 Å². The van der Waals surface area contributed by atoms with Crippen LogP contribution in [-0.4, -0.2) is 43.0 Å². The Balaban J connectivity index is 1.81. The predicted octanol–water partition coefficient (Wildman–Crippen LogP) is 0.626. The van der Waals surface area contributed by atoms with Crippen molar-refractivity contribution >= 4 is 6.03 Å². The first-order valence-corrected chi connectivity index (χ1v) is 6.50. The van der Waals surface area contributed by atoms with Crippen molar-refractivity contribution in [2.24, 2.45) is 5.41 Å². The molecule has 2 fully saturated rings. The van der Waals surface area contributed by atoms with Gasteiger partial charge in [-0.3, -0.25) is 0 Å². The fourth-order valence-electron chi connectivity index (χ4n) is 3.02. The van der Waals surface area contributed by atoms with Crippen LogP contribution < -0.4 is 10.6 Å². The molecule has 2 aliphatic rings. The minimum absolute atomic E-state index is 0.0230. The molecule has 0 aromatic heterocycles. The molecule has 3 N–H and O–H groups in total. The Bertz CT molecular complexity index is 279. The predicted molar refractivity (Wildman–Crippen MR) is 63.7 cm³/mol. The van der Waals surface area contributed by atoms with Crippen molar-refractivity contribution in [2.45, 2.75) is 44.8 Å². The minimum Gasteiger partial charge on any atom is -0.395 e. The van der Waals surface area contributed by atoms with Crippen molar-refractivity contribution < 1.29 is 14.6 Å². The number of rotatable bonds is 5. The normalized spacial score (nSPS) is 29.3. The SMILES string of the molecule is CCOC1CC(NC(=O)NCCO)C12CCC2. The molecule has 2 rings (SSSR count). The van der Waals surface area contributed by atoms with E-state index < -0.39 is 0 Å². The fraction of sp³-hybridized carbons (Fsp3) is 0.917. The third-order valence-corrected chi connectivity index (χ3v) is 4.14. The summed E-state index contributed by atoms with van der Waals surface area (Å²) in [7, 11) is 0. The molecule has 2 amide bonds. The third-order valence-electron chi connectivity index (χ3n) is 4.14. The van der Waals surface area contributed by atoms with Crippen molar-refractivity contribution in [2.75, 3.05) is 19.8 Å². The van der Waals surface area contributed by atoms with E-state index in [0.29, 0.717) is 12.6 Å². The van der Waals surface area contributed by atoms with E-state index in [1.165, 1.54) is 6.42 Å². The van der Waals surface area contributed by atoms with Gasteiger partial charge in [0.2, 0.25) is 0 Å². The van der Waals surface area contributed by atoms with Crippen LogP contribution in [0, 0.1) is 5.41 Å². The lowest BCUT2D eigenvalue weighted by Crippen LogP contribution is -2.68. The number of aliphatic hydroxyl groups is 1. The van der Waals surface area contributed by atoms with Crippen LogP contribution in [0.2, 0.25) is 0 Å². The first-order valence-electron chi connectivity index (χ1n) is 6.50. The lowest BCUT2D eigenvalue weighted by atomic mass is 9.51. The summed E-state index contributed by atoms with van der Waals surface area (Å²) in [5.41, 5.74) is 0.201. The van der Waals surface area contributed by atoms with Gasteiger partial charge >= 0.3 is 6.03 Å². The van der Waals surface area contributed by atoms with E-state index in [9.17, 15) is 4.79 Å². The van der Waals surface area contributed by atoms with Crippen molar-refractivity contribution in [3.8, 4) is 0 Å². The average molecular weight is 242 g/mol. The molecule has 0 aromatic carbocycles. The molecule has 2 unspecified atom stereocenters. The number of aliphatic hydroxyl groups excluding tert-OH is 1. The Morgan fingerprint density at radius 1 is 1.53 bits per heavy atom. The highest BCUT2D eigenvalue weighted by molar-refractivity contribution is 5.74. The molecule has 5 nitrogen and oxygen atoms in total. The highest BCUT2D eigenvalue weighted by Crippen LogP contribution is 2.57. The first-order chi connectivity index (χ1) is 8.23. The first kappa shape index (κ1) is 12.6. The number of carbonyl (C=O) groups is 1. The molecule has 98 valence electrons. The molecular formula is C12H22N2O3. The fourth-order valence-corrected chi connectivity index (χ4v) is 3.02. The number of hydrogen-bond acceptors (Lipinski definition) is 3. The van der Waals surface area contributed by atoms with Gasteiger partial charge in [0.15, 0.2) is 0 Å². The van der Waals surface area contributed by atoms with Gasteiger partial charge in [-0.05, 0) is 26.2 Å². The zero-order valence-corrected chi connectivity index (χ0v) is 10.4. The minimum atomic E-state index is -0.176. The molecule has 0 bridgehead atoms. The summed E-state index contributed by atoms with van der Waals surface area (Å²) in [6.45, 7) is 3.04. The molecule has 17 heavy (non-hydrogen) atoms. The summed E-state index contributed by atoms with van der Waals surface area (Å²) in [5, 5.41) is 14.2. The van der Waals surface area contributed by atoms with Gasteiger partial charge in [-0.25, -0.2) is 4.79 Å². The molecular weight excluding hydrogens is 220 g/mol. The zero-order chi connectivity index (χ0) is 12.3. The molecule has 0 saturated heterocycles. The summed E-state index contributed by atoms with van der Waals surface area (Å²) in [5.74, 6) is 0. The summed E-state index contributed by atoms with van der Waals surface area (Å²) in [6, 6.07) is 0.0665. The number of ether oxygens (including phenoxy) is 1. The number of carbonyl (C=O) groups excluding carboxylic acids is 1. The van der Waals surface area contributed by atoms with Gasteiger partial charge in [0, 0.05) is 24.6 Å². The van der Waals surface area contributed by atoms with E-state index >= 15 is 0 Å². The second kappa shape index (κ2) is 5.23. The quantitative estimate of drug-likeness (QED) is 0.662. The van der Waals surface area contributed by atoms with Crippen LogP contribution in [-0.2, 0) is 4.74 Å². The zero-order valence-electron chi connectivity index (χ0n) is 10.4. The second-order valence-corrected chi connectivity index (χ2v) is 4.94. The topological polar surface area (TPSA) is 70.6 Å². The van der Waals surface area contributed by atoms with Gasteiger partial charge in [-0.1, -0.05) is 6.42 Å². The van der Waals surface area contributed by atoms with Crippen LogP contribution in [0.1, 0.15) is 32.6 Å². The van der Waals surface area contributed by atoms with Crippen LogP contribution >= 0.6 is 0 Å². The number of hydrogen-bond donors (Lipinski definition) is 3. The van der Waals surface area contributed by atoms with Crippen molar-refractivity contribution in [3.63, 3.8) is 0 Å². The van der Waals surface area contributed by atoms with Crippen LogP contribution in [0.25, 0.3) is 0 Å². The highest BCUT2D eigenvalue weighted by Gasteiger charge is 2.59. The van der Waals surface area contributed by atoms with Crippen LogP contribution in [0.5, 0.6) is 0 Å². The van der Waals surface area contributed by atoms with E-state index in [0.717, 1.165) is 25.9 Å². The van der Waals surface area contributed by atoms with E-state index in [1.54, 1.807) is 0 Å². The Hall–Kier alpha value is -0.810. The highest BCUT2D eigenvalue weighted by atomic mass is 16.5. The molecule has 5 heteroatoms. The van der Waals surface area contributed by atoms with Crippen LogP contribution in [0.15, 0.2) is 0 Å². The van der Waals surface area contributed by atoms with E-state index in [4.69, 9.17) is 9.84 Å². The maximum Gasteiger partial charge on any atom is 0.315 e. The maximum atomic E-state index is 11.5. The molecule has 0 radical (unpaired) electrons. The Kier molecular flexibility index (Phi) is 3.89. The Morgan fingerprint density at radius 2 is 2.29 bits per heavy atom. The monoisotopic (exact) mass is 242 g/mol. The lowest BCUT2D eigenvalue weighted by Gasteiger charge is -2.60. The number of amides is 2. The Morgan fingerprint density at radius 3 is 2.82 bits per heavy atom. The molecule has 2 saturated carbocycles. The summed E-state index contributed by atoms with van der Waals surface area (Å²) >= 11 is 0. The molecule has 0 aromatic rings. The summed E-state index contributed by atoms with van der Waals surface area (Å²) in [6.07, 6.45) is 4.79. The summed E-state index contributed by atoms with van der Waals surface area (Å²) < 4.78 is 5.72. The smallest absolute Gasteiger partial charge is 0.315 e. The maximum absolute atomic E-state index is 11.5. The van der Waals surface area contributed by atoms with Gasteiger partial charge in [0.1, 0.15) is 0 Å². The van der Waals surface area contributed by atoms with E-state index in [1.807, 2.05) is 6.92 Å². The molecule has 0 heterocycles. The third kappa shape index (κ3) is 2.26. The molecule has 2 atom stereocenters. The van der Waals surface area contributed by atoms with E-state index in [-0.39, 0.29) is 24.1 Å². The van der Waals surface area contributed by atoms with Crippen LogP contribution in [0.3, 0.4) is 0 Å².